The van der Waals surface area contributed by atoms with E-state index in [-0.39, 0.29) is 11.8 Å². The van der Waals surface area contributed by atoms with Gasteiger partial charge in [-0.15, -0.1) is 0 Å². The first-order chi connectivity index (χ1) is 5.59. The third-order valence-electron chi connectivity index (χ3n) is 2.17. The van der Waals surface area contributed by atoms with Gasteiger partial charge in [0, 0.05) is 13.3 Å². The van der Waals surface area contributed by atoms with Crippen molar-refractivity contribution in [2.45, 2.75) is 39.2 Å². The Kier molecular flexibility index (Phi) is 2.84. The van der Waals surface area contributed by atoms with E-state index in [0.29, 0.717) is 18.8 Å². The molecule has 0 bridgehead atoms. The van der Waals surface area contributed by atoms with Crippen LogP contribution in [0.25, 0.3) is 0 Å². The van der Waals surface area contributed by atoms with Gasteiger partial charge >= 0.3 is 5.97 Å². The van der Waals surface area contributed by atoms with E-state index in [0.717, 1.165) is 6.42 Å². The highest BCUT2D eigenvalue weighted by Gasteiger charge is 2.28. The lowest BCUT2D eigenvalue weighted by atomic mass is 9.88. The molecule has 0 N–H and O–H groups in total. The minimum Gasteiger partial charge on any atom is -0.455 e. The Balaban J connectivity index is 2.49. The zero-order valence-corrected chi connectivity index (χ0v) is 7.50. The standard InChI is InChI=1S/C9H14O3/c1-6-3-4-8(11)9(5-6)12-7(2)10/h6,9H,3-5H2,1-2H3/t6-,9-/m0/s1. The number of hydrogen-bond acceptors (Lipinski definition) is 3. The number of ether oxygens (including phenoxy) is 1. The van der Waals surface area contributed by atoms with Crippen molar-refractivity contribution in [3.8, 4) is 0 Å². The van der Waals surface area contributed by atoms with E-state index in [4.69, 9.17) is 4.74 Å². The molecular formula is C9H14O3. The Bertz CT molecular complexity index is 198. The van der Waals surface area contributed by atoms with Crippen LogP contribution in [-0.2, 0) is 14.3 Å². The molecule has 0 heterocycles. The van der Waals surface area contributed by atoms with Gasteiger partial charge in [0.25, 0.3) is 0 Å². The van der Waals surface area contributed by atoms with Crippen molar-refractivity contribution in [3.05, 3.63) is 0 Å². The van der Waals surface area contributed by atoms with Crippen LogP contribution in [0.2, 0.25) is 0 Å². The SMILES string of the molecule is CC(=O)O[C@H]1C[C@@H](C)CCC1=O. The number of rotatable bonds is 1. The van der Waals surface area contributed by atoms with Crippen molar-refractivity contribution >= 4 is 11.8 Å². The van der Waals surface area contributed by atoms with Crippen LogP contribution in [0.1, 0.15) is 33.1 Å². The number of carbonyl (C=O) groups is 2. The molecule has 0 aromatic rings. The summed E-state index contributed by atoms with van der Waals surface area (Å²) in [4.78, 5) is 21.8. The molecule has 12 heavy (non-hydrogen) atoms. The summed E-state index contributed by atoms with van der Waals surface area (Å²) in [5, 5.41) is 0. The molecule has 0 unspecified atom stereocenters. The molecular weight excluding hydrogens is 156 g/mol. The minimum atomic E-state index is -0.466. The smallest absolute Gasteiger partial charge is 0.303 e. The predicted molar refractivity (Wildman–Crippen MR) is 43.6 cm³/mol. The molecule has 0 spiro atoms. The van der Waals surface area contributed by atoms with Gasteiger partial charge in [-0.3, -0.25) is 9.59 Å². The molecule has 1 saturated carbocycles. The molecule has 0 aliphatic heterocycles. The van der Waals surface area contributed by atoms with Crippen LogP contribution in [0.3, 0.4) is 0 Å². The van der Waals surface area contributed by atoms with Crippen LogP contribution in [0, 0.1) is 5.92 Å². The lowest BCUT2D eigenvalue weighted by molar-refractivity contribution is -0.155. The highest BCUT2D eigenvalue weighted by Crippen LogP contribution is 2.23. The van der Waals surface area contributed by atoms with Gasteiger partial charge in [-0.2, -0.15) is 0 Å². The first kappa shape index (κ1) is 9.23. The lowest BCUT2D eigenvalue weighted by Crippen LogP contribution is -2.32. The molecule has 0 aromatic carbocycles. The van der Waals surface area contributed by atoms with E-state index < -0.39 is 6.10 Å². The van der Waals surface area contributed by atoms with Crippen LogP contribution in [-0.4, -0.2) is 17.9 Å². The maximum atomic E-state index is 11.2. The second kappa shape index (κ2) is 3.70. The molecule has 2 atom stereocenters. The third kappa shape index (κ3) is 2.32. The molecule has 3 nitrogen and oxygen atoms in total. The van der Waals surface area contributed by atoms with Crippen LogP contribution in [0.4, 0.5) is 0 Å². The quantitative estimate of drug-likeness (QED) is 0.557. The van der Waals surface area contributed by atoms with Crippen molar-refractivity contribution in [2.24, 2.45) is 5.92 Å². The summed E-state index contributed by atoms with van der Waals surface area (Å²) in [5.41, 5.74) is 0. The van der Waals surface area contributed by atoms with Crippen molar-refractivity contribution in [1.82, 2.24) is 0 Å². The molecule has 1 fully saturated rings. The molecule has 3 heteroatoms. The maximum absolute atomic E-state index is 11.2. The zero-order chi connectivity index (χ0) is 9.14. The van der Waals surface area contributed by atoms with Gasteiger partial charge in [0.2, 0.25) is 0 Å². The molecule has 1 aliphatic carbocycles. The van der Waals surface area contributed by atoms with Gasteiger partial charge < -0.3 is 4.74 Å². The molecule has 1 rings (SSSR count). The van der Waals surface area contributed by atoms with Crippen LogP contribution >= 0.6 is 0 Å². The Morgan fingerprint density at radius 2 is 2.25 bits per heavy atom. The second-order valence-corrected chi connectivity index (χ2v) is 3.44. The van der Waals surface area contributed by atoms with E-state index >= 15 is 0 Å². The van der Waals surface area contributed by atoms with Gasteiger partial charge in [0.1, 0.15) is 0 Å². The van der Waals surface area contributed by atoms with Gasteiger partial charge in [-0.25, -0.2) is 0 Å². The van der Waals surface area contributed by atoms with Gasteiger partial charge in [-0.05, 0) is 18.8 Å². The summed E-state index contributed by atoms with van der Waals surface area (Å²) in [6.07, 6.45) is 1.71. The van der Waals surface area contributed by atoms with Crippen molar-refractivity contribution in [1.29, 1.82) is 0 Å². The van der Waals surface area contributed by atoms with Crippen molar-refractivity contribution < 1.29 is 14.3 Å². The summed E-state index contributed by atoms with van der Waals surface area (Å²) >= 11 is 0. The summed E-state index contributed by atoms with van der Waals surface area (Å²) in [5.74, 6) is 0.206. The van der Waals surface area contributed by atoms with Crippen molar-refractivity contribution in [3.63, 3.8) is 0 Å². The van der Waals surface area contributed by atoms with Crippen LogP contribution in [0.15, 0.2) is 0 Å². The molecule has 1 aliphatic rings. The molecule has 0 saturated heterocycles. The van der Waals surface area contributed by atoms with Crippen LogP contribution in [0.5, 0.6) is 0 Å². The number of ketones is 1. The zero-order valence-electron chi connectivity index (χ0n) is 7.50. The van der Waals surface area contributed by atoms with E-state index in [9.17, 15) is 9.59 Å². The highest BCUT2D eigenvalue weighted by atomic mass is 16.5. The maximum Gasteiger partial charge on any atom is 0.303 e. The topological polar surface area (TPSA) is 43.4 Å². The van der Waals surface area contributed by atoms with Crippen molar-refractivity contribution in [2.75, 3.05) is 0 Å². The monoisotopic (exact) mass is 170 g/mol. The first-order valence-electron chi connectivity index (χ1n) is 4.29. The number of carbonyl (C=O) groups excluding carboxylic acids is 2. The number of Topliss-reactive ketones (excluding diaryl/α,β-unsaturated/α-hetero) is 1. The predicted octanol–water partition coefficient (Wildman–Crippen LogP) is 1.31. The first-order valence-corrected chi connectivity index (χ1v) is 4.29. The molecule has 0 radical (unpaired) electrons. The van der Waals surface area contributed by atoms with E-state index in [2.05, 4.69) is 6.92 Å². The second-order valence-electron chi connectivity index (χ2n) is 3.44. The lowest BCUT2D eigenvalue weighted by Gasteiger charge is -2.24. The Morgan fingerprint density at radius 1 is 1.58 bits per heavy atom. The Labute approximate surface area is 72.1 Å². The molecule has 0 aromatic heterocycles. The van der Waals surface area contributed by atoms with E-state index in [1.54, 1.807) is 0 Å². The largest absolute Gasteiger partial charge is 0.455 e. The molecule has 0 amide bonds. The van der Waals surface area contributed by atoms with Gasteiger partial charge in [0.05, 0.1) is 0 Å². The summed E-state index contributed by atoms with van der Waals surface area (Å²) in [6, 6.07) is 0. The summed E-state index contributed by atoms with van der Waals surface area (Å²) < 4.78 is 4.89. The van der Waals surface area contributed by atoms with Gasteiger partial charge in [0.15, 0.2) is 11.9 Å². The highest BCUT2D eigenvalue weighted by molar-refractivity contribution is 5.85. The Hall–Kier alpha value is -0.860. The van der Waals surface area contributed by atoms with E-state index in [1.165, 1.54) is 6.92 Å². The number of esters is 1. The summed E-state index contributed by atoms with van der Waals surface area (Å²) in [6.45, 7) is 3.41. The third-order valence-corrected chi connectivity index (χ3v) is 2.17. The average molecular weight is 170 g/mol. The Morgan fingerprint density at radius 3 is 2.83 bits per heavy atom. The average Bonchev–Trinajstić information content (AvgIpc) is 1.96. The normalized spacial score (nSPS) is 30.0. The number of hydrogen-bond donors (Lipinski definition) is 0. The molecule has 68 valence electrons. The minimum absolute atomic E-state index is 0.0725. The van der Waals surface area contributed by atoms with E-state index in [1.807, 2.05) is 0 Å². The van der Waals surface area contributed by atoms with Crippen LogP contribution < -0.4 is 0 Å². The fourth-order valence-electron chi connectivity index (χ4n) is 1.48. The fourth-order valence-corrected chi connectivity index (χ4v) is 1.48. The van der Waals surface area contributed by atoms with Gasteiger partial charge in [-0.1, -0.05) is 6.92 Å². The summed E-state index contributed by atoms with van der Waals surface area (Å²) in [7, 11) is 0. The fraction of sp³-hybridized carbons (Fsp3) is 0.778.